The van der Waals surface area contributed by atoms with Crippen molar-refractivity contribution in [3.8, 4) is 11.5 Å². The number of fused-ring (bicyclic) bond motifs is 2. The Labute approximate surface area is 351 Å². The largest absolute Gasteiger partial charge is 0.496 e. The minimum absolute atomic E-state index is 0.272. The van der Waals surface area contributed by atoms with Crippen molar-refractivity contribution in [3.63, 3.8) is 0 Å². The monoisotopic (exact) mass is 866 g/mol. The molecule has 0 radical (unpaired) electrons. The third-order valence-corrected chi connectivity index (χ3v) is 11.5. The number of hydrogen-bond donors (Lipinski definition) is 3. The molecule has 2 aliphatic rings. The first-order valence-corrected chi connectivity index (χ1v) is 19.7. The number of para-hydroxylation sites is 4. The van der Waals surface area contributed by atoms with Gasteiger partial charge in [0.25, 0.3) is 0 Å². The Morgan fingerprint density at radius 1 is 0.590 bits per heavy atom. The van der Waals surface area contributed by atoms with Gasteiger partial charge in [0.15, 0.2) is 11.2 Å². The summed E-state index contributed by atoms with van der Waals surface area (Å²) in [4.78, 5) is 5.08. The van der Waals surface area contributed by atoms with Crippen LogP contribution in [0.25, 0.3) is 0 Å². The molecule has 61 heavy (non-hydrogen) atoms. The molecule has 2 aliphatic heterocycles. The summed E-state index contributed by atoms with van der Waals surface area (Å²) in [6.07, 6.45) is -11.1. The number of nitrogens with one attached hydrogen (secondary N) is 1. The van der Waals surface area contributed by atoms with E-state index in [1.54, 1.807) is 69.0 Å². The lowest BCUT2D eigenvalue weighted by Gasteiger charge is -2.44. The number of aliphatic hydroxyl groups is 2. The number of likely N-dealkylation sites (N-methyl/N-ethyl adjacent to an activating group) is 1. The van der Waals surface area contributed by atoms with Gasteiger partial charge in [-0.1, -0.05) is 52.0 Å². The quantitative estimate of drug-likeness (QED) is 0.122. The van der Waals surface area contributed by atoms with E-state index in [0.717, 1.165) is 17.4 Å². The molecule has 2 atom stereocenters. The Bertz CT molecular complexity index is 2130. The van der Waals surface area contributed by atoms with Crippen LogP contribution in [0.1, 0.15) is 51.7 Å². The summed E-state index contributed by atoms with van der Waals surface area (Å²) < 4.78 is 123. The molecule has 0 saturated carbocycles. The second-order valence-corrected chi connectivity index (χ2v) is 17.1. The highest BCUT2D eigenvalue weighted by atomic mass is 19.4. The van der Waals surface area contributed by atoms with E-state index in [1.807, 2.05) is 24.1 Å². The Morgan fingerprint density at radius 3 is 1.48 bits per heavy atom. The highest BCUT2D eigenvalue weighted by Crippen LogP contribution is 2.47. The lowest BCUT2D eigenvalue weighted by Crippen LogP contribution is -2.58. The average molecular weight is 867 g/mol. The predicted molar refractivity (Wildman–Crippen MR) is 222 cm³/mol. The van der Waals surface area contributed by atoms with Crippen molar-refractivity contribution in [2.24, 2.45) is 0 Å². The van der Waals surface area contributed by atoms with E-state index in [0.29, 0.717) is 37.6 Å². The highest BCUT2D eigenvalue weighted by Gasteiger charge is 2.58. The van der Waals surface area contributed by atoms with Gasteiger partial charge in [0.1, 0.15) is 23.1 Å². The summed E-state index contributed by atoms with van der Waals surface area (Å²) in [5.74, 6) is -0.600. The zero-order valence-corrected chi connectivity index (χ0v) is 35.3. The zero-order valence-electron chi connectivity index (χ0n) is 35.3. The van der Waals surface area contributed by atoms with Crippen LogP contribution in [0.15, 0.2) is 84.9 Å². The van der Waals surface area contributed by atoms with Crippen molar-refractivity contribution in [1.82, 2.24) is 0 Å². The number of benzene rings is 4. The van der Waals surface area contributed by atoms with Crippen LogP contribution >= 0.6 is 0 Å². The number of anilines is 4. The van der Waals surface area contributed by atoms with Crippen molar-refractivity contribution in [2.75, 3.05) is 80.6 Å². The first-order valence-electron chi connectivity index (χ1n) is 19.7. The van der Waals surface area contributed by atoms with Crippen molar-refractivity contribution < 1.29 is 54.8 Å². The Kier molecular flexibility index (Phi) is 13.7. The van der Waals surface area contributed by atoms with E-state index < -0.39 is 72.0 Å². The van der Waals surface area contributed by atoms with Gasteiger partial charge in [-0.05, 0) is 84.3 Å². The highest BCUT2D eigenvalue weighted by molar-refractivity contribution is 5.73. The predicted octanol–water partition coefficient (Wildman–Crippen LogP) is 9.48. The van der Waals surface area contributed by atoms with Gasteiger partial charge in [0.05, 0.1) is 50.1 Å². The van der Waals surface area contributed by atoms with Gasteiger partial charge in [-0.25, -0.2) is 8.78 Å². The van der Waals surface area contributed by atoms with Gasteiger partial charge in [-0.3, -0.25) is 0 Å². The Balaban J connectivity index is 0.000000231. The second kappa shape index (κ2) is 17.8. The van der Waals surface area contributed by atoms with Crippen molar-refractivity contribution in [1.29, 1.82) is 0 Å². The van der Waals surface area contributed by atoms with Gasteiger partial charge in [0.2, 0.25) is 0 Å². The maximum atomic E-state index is 14.2. The molecule has 3 N–H and O–H groups in total. The number of alkyl halides is 6. The first kappa shape index (κ1) is 47.1. The van der Waals surface area contributed by atoms with Gasteiger partial charge < -0.3 is 39.7 Å². The molecule has 16 heteroatoms. The number of hydrogen-bond acceptors (Lipinski definition) is 8. The standard InChI is InChI=1S/C23H28F4N2O2.C22H26F4N2O2/c1-21(2,17-13-16(24)9-10-20(17)31-4)14-22(30,23(25,26)27)15-29-12-11-28(3)18-7-5-6-8-19(18)29;1-20(2,16-12-15(23)8-9-19(16)30-3)13-21(29,22(24,25)26)14-28-11-10-27-17-6-4-5-7-18(17)28/h5-10,13,30H,11-12,14-15H2,1-4H3;4-9,12,27,29H,10-11,13-14H2,1-3H3. The third kappa shape index (κ3) is 10.4. The molecule has 8 nitrogen and oxygen atoms in total. The molecule has 4 aromatic carbocycles. The average Bonchev–Trinajstić information content (AvgIpc) is 3.18. The lowest BCUT2D eigenvalue weighted by atomic mass is 9.74. The van der Waals surface area contributed by atoms with E-state index in [4.69, 9.17) is 9.47 Å². The lowest BCUT2D eigenvalue weighted by molar-refractivity contribution is -0.262. The topological polar surface area (TPSA) is 80.7 Å². The van der Waals surface area contributed by atoms with Crippen LogP contribution in [0.2, 0.25) is 0 Å². The SMILES string of the molecule is COc1ccc(F)cc1C(C)(C)CC(O)(CN1CCN(C)c2ccccc21)C(F)(F)F.COc1ccc(F)cc1C(C)(C)CC(O)(CN1CCNc2ccccc21)C(F)(F)F. The maximum absolute atomic E-state index is 14.2. The fraction of sp³-hybridized carbons (Fsp3) is 0.467. The molecule has 6 rings (SSSR count). The van der Waals surface area contributed by atoms with Crippen molar-refractivity contribution >= 4 is 22.7 Å². The van der Waals surface area contributed by atoms with Crippen LogP contribution < -0.4 is 29.5 Å². The summed E-state index contributed by atoms with van der Waals surface area (Å²) in [5, 5.41) is 25.1. The fourth-order valence-corrected chi connectivity index (χ4v) is 8.43. The molecule has 2 heterocycles. The van der Waals surface area contributed by atoms with Gasteiger partial charge in [-0.15, -0.1) is 0 Å². The maximum Gasteiger partial charge on any atom is 0.418 e. The van der Waals surface area contributed by atoms with Gasteiger partial charge in [-0.2, -0.15) is 26.3 Å². The second-order valence-electron chi connectivity index (χ2n) is 17.1. The molecule has 0 saturated heterocycles. The number of methoxy groups -OCH3 is 2. The smallest absolute Gasteiger partial charge is 0.418 e. The molecule has 0 bridgehead atoms. The normalized spacial score (nSPS) is 16.6. The van der Waals surface area contributed by atoms with Crippen molar-refractivity contribution in [2.45, 2.75) is 74.9 Å². The molecule has 0 aliphatic carbocycles. The molecule has 0 spiro atoms. The van der Waals surface area contributed by atoms with Gasteiger partial charge in [0, 0.05) is 44.4 Å². The third-order valence-electron chi connectivity index (χ3n) is 11.5. The summed E-state index contributed by atoms with van der Waals surface area (Å²) in [6.45, 7) is 6.61. The summed E-state index contributed by atoms with van der Waals surface area (Å²) in [7, 11) is 4.63. The van der Waals surface area contributed by atoms with Crippen molar-refractivity contribution in [3.05, 3.63) is 108 Å². The molecule has 0 aromatic heterocycles. The number of rotatable bonds is 12. The first-order chi connectivity index (χ1) is 28.3. The minimum Gasteiger partial charge on any atom is -0.496 e. The molecule has 2 unspecified atom stereocenters. The minimum atomic E-state index is -4.89. The molecular weight excluding hydrogens is 813 g/mol. The molecular formula is C45H54F8N4O4. The molecule has 0 fully saturated rings. The number of β-amino-alcohol motifs (C(OH)–C–C–N with tert-alkyl or cyclic N) is 2. The zero-order chi connectivity index (χ0) is 45.2. The Hall–Kier alpha value is -4.96. The van der Waals surface area contributed by atoms with Gasteiger partial charge >= 0.3 is 12.4 Å². The summed E-state index contributed by atoms with van der Waals surface area (Å²) in [6, 6.07) is 21.7. The molecule has 4 aromatic rings. The summed E-state index contributed by atoms with van der Waals surface area (Å²) in [5.41, 5.74) is -5.15. The molecule has 334 valence electrons. The van der Waals surface area contributed by atoms with Crippen LogP contribution in [-0.2, 0) is 10.8 Å². The van der Waals surface area contributed by atoms with E-state index >= 15 is 0 Å². The van der Waals surface area contributed by atoms with Crippen LogP contribution in [-0.4, -0.2) is 94.3 Å². The number of ether oxygens (including phenoxy) is 2. The van der Waals surface area contributed by atoms with Crippen LogP contribution in [0.5, 0.6) is 11.5 Å². The van der Waals surface area contributed by atoms with Crippen LogP contribution in [0.3, 0.4) is 0 Å². The number of nitrogens with zero attached hydrogens (tertiary/aromatic N) is 3. The van der Waals surface area contributed by atoms with E-state index in [1.165, 1.54) is 49.5 Å². The molecule has 0 amide bonds. The summed E-state index contributed by atoms with van der Waals surface area (Å²) >= 11 is 0. The fourth-order valence-electron chi connectivity index (χ4n) is 8.43. The van der Waals surface area contributed by atoms with Crippen LogP contribution in [0.4, 0.5) is 57.9 Å². The van der Waals surface area contributed by atoms with E-state index in [9.17, 15) is 45.3 Å². The Morgan fingerprint density at radius 2 is 1.02 bits per heavy atom. The van der Waals surface area contributed by atoms with E-state index in [2.05, 4.69) is 5.32 Å². The van der Waals surface area contributed by atoms with E-state index in [-0.39, 0.29) is 22.6 Å². The van der Waals surface area contributed by atoms with Crippen LogP contribution in [0, 0.1) is 11.6 Å². The number of halogens is 8.